The monoisotopic (exact) mass is 380 g/mol. The Morgan fingerprint density at radius 1 is 0.778 bits per heavy atom. The fraction of sp³-hybridized carbons (Fsp3) is 0.789. The van der Waals surface area contributed by atoms with Gasteiger partial charge in [-0.2, -0.15) is 0 Å². The third-order valence-electron chi connectivity index (χ3n) is 5.78. The number of rotatable bonds is 7. The van der Waals surface area contributed by atoms with Crippen LogP contribution in [0.3, 0.4) is 0 Å². The van der Waals surface area contributed by atoms with Crippen LogP contribution in [-0.4, -0.2) is 36.3 Å². The molecule has 27 heavy (non-hydrogen) atoms. The zero-order valence-corrected chi connectivity index (χ0v) is 15.7. The normalized spacial score (nSPS) is 29.4. The van der Waals surface area contributed by atoms with Crippen molar-refractivity contribution >= 4 is 23.8 Å². The van der Waals surface area contributed by atoms with Crippen LogP contribution in [0.15, 0.2) is 0 Å². The van der Waals surface area contributed by atoms with Crippen molar-refractivity contribution in [3.63, 3.8) is 0 Å². The third kappa shape index (κ3) is 5.68. The van der Waals surface area contributed by atoms with Crippen LogP contribution in [0, 0.1) is 23.7 Å². The first-order valence-corrected chi connectivity index (χ1v) is 9.81. The van der Waals surface area contributed by atoms with Crippen molar-refractivity contribution in [3.8, 4) is 0 Å². The number of carboxylic acids is 2. The van der Waals surface area contributed by atoms with E-state index in [2.05, 4.69) is 10.6 Å². The number of hydrogen-bond donors (Lipinski definition) is 2. The number of carboxylic acid groups (broad SMARTS) is 2. The topological polar surface area (TPSA) is 138 Å². The Balaban J connectivity index is 1.83. The van der Waals surface area contributed by atoms with Crippen LogP contribution in [-0.2, 0) is 19.2 Å². The molecule has 2 N–H and O–H groups in total. The molecule has 0 aromatic rings. The maximum absolute atomic E-state index is 12.4. The van der Waals surface area contributed by atoms with Gasteiger partial charge in [-0.15, -0.1) is 0 Å². The van der Waals surface area contributed by atoms with E-state index in [-0.39, 0.29) is 18.4 Å². The van der Waals surface area contributed by atoms with Crippen molar-refractivity contribution in [3.05, 3.63) is 0 Å². The van der Waals surface area contributed by atoms with E-state index >= 15 is 0 Å². The fourth-order valence-corrected chi connectivity index (χ4v) is 4.24. The largest absolute Gasteiger partial charge is 0.550 e. The lowest BCUT2D eigenvalue weighted by atomic mass is 9.78. The Bertz CT molecular complexity index is 579. The Morgan fingerprint density at radius 2 is 1.19 bits per heavy atom. The summed E-state index contributed by atoms with van der Waals surface area (Å²) in [7, 11) is 0. The van der Waals surface area contributed by atoms with Gasteiger partial charge in [0.15, 0.2) is 0 Å². The molecule has 0 spiro atoms. The van der Waals surface area contributed by atoms with Crippen molar-refractivity contribution in [2.24, 2.45) is 23.7 Å². The average Bonchev–Trinajstić information content (AvgIpc) is 2.65. The molecular weight excluding hydrogens is 352 g/mol. The molecule has 2 fully saturated rings. The van der Waals surface area contributed by atoms with Gasteiger partial charge in [0.25, 0.3) is 0 Å². The Kier molecular flexibility index (Phi) is 7.62. The summed E-state index contributed by atoms with van der Waals surface area (Å²) in [6, 6.07) is -0.393. The van der Waals surface area contributed by atoms with E-state index in [4.69, 9.17) is 0 Å². The van der Waals surface area contributed by atoms with Crippen LogP contribution in [0.25, 0.3) is 0 Å². The predicted octanol–water partition coefficient (Wildman–Crippen LogP) is -1.28. The summed E-state index contributed by atoms with van der Waals surface area (Å²) in [5, 5.41) is 27.9. The van der Waals surface area contributed by atoms with Gasteiger partial charge in [0.2, 0.25) is 11.8 Å². The molecule has 0 aromatic carbocycles. The number of carbonyl (C=O) groups is 4. The maximum atomic E-state index is 12.4. The summed E-state index contributed by atoms with van der Waals surface area (Å²) in [5.41, 5.74) is 0. The zero-order valence-electron chi connectivity index (χ0n) is 15.7. The van der Waals surface area contributed by atoms with Gasteiger partial charge in [0.05, 0.1) is 0 Å². The summed E-state index contributed by atoms with van der Waals surface area (Å²) in [6.07, 6.45) is 5.07. The number of hydrogen-bond acceptors (Lipinski definition) is 6. The molecule has 0 bridgehead atoms. The minimum atomic E-state index is -1.19. The van der Waals surface area contributed by atoms with E-state index in [9.17, 15) is 29.4 Å². The Labute approximate surface area is 159 Å². The highest BCUT2D eigenvalue weighted by Gasteiger charge is 2.33. The van der Waals surface area contributed by atoms with Crippen LogP contribution in [0.5, 0.6) is 0 Å². The molecule has 2 saturated carbocycles. The van der Waals surface area contributed by atoms with Crippen molar-refractivity contribution in [2.45, 2.75) is 64.3 Å². The molecule has 2 amide bonds. The van der Waals surface area contributed by atoms with Gasteiger partial charge >= 0.3 is 0 Å². The lowest BCUT2D eigenvalue weighted by Crippen LogP contribution is -2.50. The molecular formula is C19H28N2O6-2. The molecule has 0 heterocycles. The molecule has 8 heteroatoms. The Morgan fingerprint density at radius 3 is 1.63 bits per heavy atom. The van der Waals surface area contributed by atoms with E-state index in [0.717, 1.165) is 25.7 Å². The van der Waals surface area contributed by atoms with E-state index in [1.165, 1.54) is 0 Å². The number of aliphatic carboxylic acids is 2. The maximum Gasteiger partial charge on any atom is 0.224 e. The molecule has 0 radical (unpaired) electrons. The molecule has 0 aromatic heterocycles. The van der Waals surface area contributed by atoms with E-state index in [1.54, 1.807) is 6.92 Å². The highest BCUT2D eigenvalue weighted by molar-refractivity contribution is 5.85. The summed E-state index contributed by atoms with van der Waals surface area (Å²) in [5.74, 6) is -5.81. The number of nitrogens with one attached hydrogen (secondary N) is 2. The fourth-order valence-electron chi connectivity index (χ4n) is 4.24. The van der Waals surface area contributed by atoms with Crippen LogP contribution < -0.4 is 20.8 Å². The second-order valence-electron chi connectivity index (χ2n) is 7.79. The van der Waals surface area contributed by atoms with E-state index in [0.29, 0.717) is 25.7 Å². The van der Waals surface area contributed by atoms with Gasteiger partial charge in [0.1, 0.15) is 0 Å². The first-order chi connectivity index (χ1) is 12.8. The van der Waals surface area contributed by atoms with Gasteiger partial charge in [-0.3, -0.25) is 9.59 Å². The Hall–Kier alpha value is -2.12. The molecule has 2 aliphatic carbocycles. The second kappa shape index (κ2) is 9.71. The van der Waals surface area contributed by atoms with Gasteiger partial charge in [-0.1, -0.05) is 25.7 Å². The summed E-state index contributed by atoms with van der Waals surface area (Å²) < 4.78 is 0. The van der Waals surface area contributed by atoms with E-state index < -0.39 is 41.7 Å². The van der Waals surface area contributed by atoms with Gasteiger partial charge < -0.3 is 30.4 Å². The van der Waals surface area contributed by atoms with Crippen molar-refractivity contribution in [2.75, 3.05) is 6.54 Å². The summed E-state index contributed by atoms with van der Waals surface area (Å²) in [6.45, 7) is 1.87. The number of carbonyl (C=O) groups excluding carboxylic acids is 4. The van der Waals surface area contributed by atoms with Crippen LogP contribution in [0.4, 0.5) is 0 Å². The quantitative estimate of drug-likeness (QED) is 0.564. The molecule has 8 nitrogen and oxygen atoms in total. The minimum Gasteiger partial charge on any atom is -0.550 e. The summed E-state index contributed by atoms with van der Waals surface area (Å²) >= 11 is 0. The lowest BCUT2D eigenvalue weighted by molar-refractivity contribution is -0.315. The smallest absolute Gasteiger partial charge is 0.224 e. The van der Waals surface area contributed by atoms with Gasteiger partial charge in [-0.25, -0.2) is 0 Å². The molecule has 2 aliphatic rings. The molecule has 0 unspecified atom stereocenters. The first-order valence-electron chi connectivity index (χ1n) is 9.81. The third-order valence-corrected chi connectivity index (χ3v) is 5.78. The van der Waals surface area contributed by atoms with Crippen LogP contribution in [0.1, 0.15) is 58.3 Å². The van der Waals surface area contributed by atoms with Gasteiger partial charge in [-0.05, 0) is 32.6 Å². The highest BCUT2D eigenvalue weighted by atomic mass is 16.4. The highest BCUT2D eigenvalue weighted by Crippen LogP contribution is 2.31. The SMILES string of the molecule is C[C@H](CNC(=O)[C@@H]1CCCC[C@@H]1C(=O)[O-])NC(=O)[C@@H]1CCCC[C@@H]1C(=O)[O-]. The predicted molar refractivity (Wildman–Crippen MR) is 91.5 cm³/mol. The molecule has 5 atom stereocenters. The van der Waals surface area contributed by atoms with E-state index in [1.807, 2.05) is 0 Å². The van der Waals surface area contributed by atoms with Crippen LogP contribution in [0.2, 0.25) is 0 Å². The molecule has 2 rings (SSSR count). The average molecular weight is 380 g/mol. The first kappa shape index (κ1) is 21.2. The van der Waals surface area contributed by atoms with Gasteiger partial charge in [0, 0.05) is 48.2 Å². The lowest BCUT2D eigenvalue weighted by Gasteiger charge is -2.33. The van der Waals surface area contributed by atoms with Crippen molar-refractivity contribution < 1.29 is 29.4 Å². The standard InChI is InChI=1S/C19H30N2O6/c1-11(21-17(23)13-7-3-5-9-15(13)19(26)27)10-20-16(22)12-6-2-4-8-14(12)18(24)25/h11-15H,2-10H2,1H3,(H,20,22)(H,21,23)(H,24,25)(H,26,27)/p-2/t11-,12-,13-,14+,15+/m1/s1. The second-order valence-corrected chi connectivity index (χ2v) is 7.79. The molecule has 152 valence electrons. The molecule has 0 aliphatic heterocycles. The van der Waals surface area contributed by atoms with Crippen LogP contribution >= 0.6 is 0 Å². The zero-order chi connectivity index (χ0) is 20.0. The number of amides is 2. The van der Waals surface area contributed by atoms with Crippen molar-refractivity contribution in [1.29, 1.82) is 0 Å². The van der Waals surface area contributed by atoms with Crippen molar-refractivity contribution in [1.82, 2.24) is 10.6 Å². The minimum absolute atomic E-state index is 0.156. The molecule has 0 saturated heterocycles. The summed E-state index contributed by atoms with van der Waals surface area (Å²) in [4.78, 5) is 47.2.